The summed E-state index contributed by atoms with van der Waals surface area (Å²) < 4.78 is 14.2. The normalized spacial score (nSPS) is 27.9. The van der Waals surface area contributed by atoms with E-state index in [2.05, 4.69) is 10.6 Å². The summed E-state index contributed by atoms with van der Waals surface area (Å²) in [6, 6.07) is 7.63. The number of phenolic OH excluding ortho intramolecular Hbond substituents is 2. The third kappa shape index (κ3) is 3.02. The quantitative estimate of drug-likeness (QED) is 0.406. The van der Waals surface area contributed by atoms with E-state index in [-0.39, 0.29) is 30.4 Å². The van der Waals surface area contributed by atoms with Crippen LogP contribution in [-0.2, 0) is 26.3 Å². The highest BCUT2D eigenvalue weighted by Crippen LogP contribution is 2.53. The lowest BCUT2D eigenvalue weighted by Gasteiger charge is -2.29. The highest BCUT2D eigenvalue weighted by Gasteiger charge is 2.70. The van der Waals surface area contributed by atoms with E-state index in [0.29, 0.717) is 23.2 Å². The van der Waals surface area contributed by atoms with Gasteiger partial charge in [-0.25, -0.2) is 4.39 Å². The standard InChI is InChI=1S/C24H24FN3O5/c1-2-3-8-28-21(31)19-16(9-12-4-7-17(29)18(30)10-12)27-24(20(19)22(28)32)14-11-13(25)5-6-15(14)26-23(24)33/h4-7,10-11,16,19-20,27,29-30H,2-3,8-9H2,1H3,(H,26,33)/t16-,19+,20-,24-/m0/s1. The molecule has 4 N–H and O–H groups in total. The summed E-state index contributed by atoms with van der Waals surface area (Å²) in [5, 5.41) is 25.5. The van der Waals surface area contributed by atoms with Gasteiger partial charge in [0, 0.05) is 23.8 Å². The monoisotopic (exact) mass is 453 g/mol. The number of hydrogen-bond donors (Lipinski definition) is 4. The van der Waals surface area contributed by atoms with Gasteiger partial charge in [0.25, 0.3) is 0 Å². The SMILES string of the molecule is CCCCN1C(=O)[C@@H]2[C@H](Cc3ccc(O)c(O)c3)N[C@]3(C(=O)Nc4ccc(F)cc43)[C@@H]2C1=O. The number of nitrogens with one attached hydrogen (secondary N) is 2. The van der Waals surface area contributed by atoms with E-state index in [1.54, 1.807) is 6.07 Å². The molecular formula is C24H24FN3O5. The molecule has 5 rings (SSSR count). The van der Waals surface area contributed by atoms with Crippen LogP contribution in [0, 0.1) is 17.7 Å². The van der Waals surface area contributed by atoms with Crippen LogP contribution in [0.5, 0.6) is 11.5 Å². The number of rotatable bonds is 5. The van der Waals surface area contributed by atoms with Crippen molar-refractivity contribution in [3.8, 4) is 11.5 Å². The molecule has 3 heterocycles. The first-order chi connectivity index (χ1) is 15.8. The Kier molecular flexibility index (Phi) is 4.89. The molecular weight excluding hydrogens is 429 g/mol. The van der Waals surface area contributed by atoms with Crippen LogP contribution in [0.3, 0.4) is 0 Å². The summed E-state index contributed by atoms with van der Waals surface area (Å²) in [6.07, 6.45) is 1.65. The van der Waals surface area contributed by atoms with E-state index in [4.69, 9.17) is 0 Å². The number of carbonyl (C=O) groups excluding carboxylic acids is 3. The van der Waals surface area contributed by atoms with Crippen LogP contribution in [-0.4, -0.2) is 45.4 Å². The minimum absolute atomic E-state index is 0.218. The number of imide groups is 1. The van der Waals surface area contributed by atoms with Crippen LogP contribution in [0.4, 0.5) is 10.1 Å². The Morgan fingerprint density at radius 3 is 2.58 bits per heavy atom. The van der Waals surface area contributed by atoms with Gasteiger partial charge in [-0.1, -0.05) is 19.4 Å². The van der Waals surface area contributed by atoms with Crippen molar-refractivity contribution in [2.75, 3.05) is 11.9 Å². The molecule has 8 nitrogen and oxygen atoms in total. The molecule has 0 aromatic heterocycles. The zero-order valence-corrected chi connectivity index (χ0v) is 18.0. The number of likely N-dealkylation sites (tertiary alicyclic amines) is 1. The van der Waals surface area contributed by atoms with E-state index < -0.39 is 41.0 Å². The maximum Gasteiger partial charge on any atom is 0.250 e. The van der Waals surface area contributed by atoms with Gasteiger partial charge in [0.2, 0.25) is 17.7 Å². The molecule has 3 amide bonds. The molecule has 9 heteroatoms. The third-order valence-electron chi connectivity index (χ3n) is 7.00. The molecule has 172 valence electrons. The number of hydrogen-bond acceptors (Lipinski definition) is 6. The Labute approximate surface area is 189 Å². The van der Waals surface area contributed by atoms with E-state index in [0.717, 1.165) is 6.42 Å². The van der Waals surface area contributed by atoms with E-state index in [9.17, 15) is 29.0 Å². The summed E-state index contributed by atoms with van der Waals surface area (Å²) in [4.78, 5) is 41.5. The average Bonchev–Trinajstić information content (AvgIpc) is 3.34. The predicted octanol–water partition coefficient (Wildman–Crippen LogP) is 2.00. The molecule has 0 radical (unpaired) electrons. The van der Waals surface area contributed by atoms with Crippen molar-refractivity contribution < 1.29 is 29.0 Å². The summed E-state index contributed by atoms with van der Waals surface area (Å²) in [7, 11) is 0. The van der Waals surface area contributed by atoms with Gasteiger partial charge in [-0.3, -0.25) is 24.6 Å². The van der Waals surface area contributed by atoms with Crippen LogP contribution in [0.1, 0.15) is 30.9 Å². The molecule has 0 saturated carbocycles. The van der Waals surface area contributed by atoms with E-state index >= 15 is 0 Å². The van der Waals surface area contributed by atoms with Crippen molar-refractivity contribution in [1.29, 1.82) is 0 Å². The maximum atomic E-state index is 14.2. The largest absolute Gasteiger partial charge is 0.504 e. The summed E-state index contributed by atoms with van der Waals surface area (Å²) in [6.45, 7) is 2.22. The molecule has 2 aromatic carbocycles. The number of benzene rings is 2. The van der Waals surface area contributed by atoms with Crippen molar-refractivity contribution in [3.63, 3.8) is 0 Å². The number of halogens is 1. The Morgan fingerprint density at radius 1 is 1.06 bits per heavy atom. The molecule has 1 spiro atoms. The van der Waals surface area contributed by atoms with E-state index in [1.165, 1.54) is 35.2 Å². The fraction of sp³-hybridized carbons (Fsp3) is 0.375. The van der Waals surface area contributed by atoms with Crippen LogP contribution >= 0.6 is 0 Å². The van der Waals surface area contributed by atoms with Crippen LogP contribution in [0.2, 0.25) is 0 Å². The highest BCUT2D eigenvalue weighted by molar-refractivity contribution is 6.15. The Hall–Kier alpha value is -3.46. The first-order valence-electron chi connectivity index (χ1n) is 11.0. The van der Waals surface area contributed by atoms with Crippen LogP contribution in [0.15, 0.2) is 36.4 Å². The van der Waals surface area contributed by atoms with Crippen molar-refractivity contribution in [2.24, 2.45) is 11.8 Å². The summed E-state index contributed by atoms with van der Waals surface area (Å²) >= 11 is 0. The number of aromatic hydroxyl groups is 2. The minimum atomic E-state index is -1.57. The first-order valence-corrected chi connectivity index (χ1v) is 11.0. The average molecular weight is 453 g/mol. The van der Waals surface area contributed by atoms with Gasteiger partial charge in [0.15, 0.2) is 11.5 Å². The number of anilines is 1. The van der Waals surface area contributed by atoms with Crippen molar-refractivity contribution >= 4 is 23.4 Å². The lowest BCUT2D eigenvalue weighted by atomic mass is 9.76. The molecule has 4 atom stereocenters. The van der Waals surface area contributed by atoms with Gasteiger partial charge in [-0.2, -0.15) is 0 Å². The van der Waals surface area contributed by atoms with Gasteiger partial charge in [0.1, 0.15) is 11.4 Å². The maximum absolute atomic E-state index is 14.2. The molecule has 3 aliphatic heterocycles. The first kappa shape index (κ1) is 21.4. The highest BCUT2D eigenvalue weighted by atomic mass is 19.1. The summed E-state index contributed by atoms with van der Waals surface area (Å²) in [5.41, 5.74) is -0.233. The molecule has 33 heavy (non-hydrogen) atoms. The number of fused-ring (bicyclic) bond motifs is 4. The second-order valence-corrected chi connectivity index (χ2v) is 8.92. The van der Waals surface area contributed by atoms with Crippen molar-refractivity contribution in [1.82, 2.24) is 10.2 Å². The molecule has 3 aliphatic rings. The number of nitrogens with zero attached hydrogens (tertiary/aromatic N) is 1. The van der Waals surface area contributed by atoms with Gasteiger partial charge >= 0.3 is 0 Å². The molecule has 2 saturated heterocycles. The number of amides is 3. The summed E-state index contributed by atoms with van der Waals surface area (Å²) in [5.74, 6) is -4.25. The Bertz CT molecular complexity index is 1180. The third-order valence-corrected chi connectivity index (χ3v) is 7.00. The molecule has 2 aromatic rings. The van der Waals surface area contributed by atoms with Gasteiger partial charge < -0.3 is 15.5 Å². The smallest absolute Gasteiger partial charge is 0.250 e. The minimum Gasteiger partial charge on any atom is -0.504 e. The molecule has 0 aliphatic carbocycles. The fourth-order valence-electron chi connectivity index (χ4n) is 5.50. The topological polar surface area (TPSA) is 119 Å². The number of phenols is 2. The Morgan fingerprint density at radius 2 is 1.85 bits per heavy atom. The molecule has 0 unspecified atom stereocenters. The Balaban J connectivity index is 1.61. The van der Waals surface area contributed by atoms with Crippen molar-refractivity contribution in [2.45, 2.75) is 37.8 Å². The second-order valence-electron chi connectivity index (χ2n) is 8.92. The zero-order chi connectivity index (χ0) is 23.5. The second kappa shape index (κ2) is 7.55. The zero-order valence-electron chi connectivity index (χ0n) is 18.0. The number of carbonyl (C=O) groups is 3. The van der Waals surface area contributed by atoms with E-state index in [1.807, 2.05) is 6.92 Å². The van der Waals surface area contributed by atoms with Crippen molar-refractivity contribution in [3.05, 3.63) is 53.3 Å². The number of unbranched alkanes of at least 4 members (excludes halogenated alkanes) is 1. The van der Waals surface area contributed by atoms with Crippen LogP contribution in [0.25, 0.3) is 0 Å². The fourth-order valence-corrected chi connectivity index (χ4v) is 5.50. The lowest BCUT2D eigenvalue weighted by molar-refractivity contribution is -0.142. The van der Waals surface area contributed by atoms with Gasteiger partial charge in [-0.15, -0.1) is 0 Å². The molecule has 0 bridgehead atoms. The molecule has 2 fully saturated rings. The predicted molar refractivity (Wildman–Crippen MR) is 116 cm³/mol. The van der Waals surface area contributed by atoms with Gasteiger partial charge in [-0.05, 0) is 48.7 Å². The van der Waals surface area contributed by atoms with Crippen LogP contribution < -0.4 is 10.6 Å². The lowest BCUT2D eigenvalue weighted by Crippen LogP contribution is -2.53. The van der Waals surface area contributed by atoms with Gasteiger partial charge in [0.05, 0.1) is 11.8 Å².